The van der Waals surface area contributed by atoms with Crippen molar-refractivity contribution in [2.24, 2.45) is 17.6 Å². The molecule has 0 heterocycles. The summed E-state index contributed by atoms with van der Waals surface area (Å²) in [7, 11) is 0. The van der Waals surface area contributed by atoms with E-state index < -0.39 is 0 Å². The zero-order valence-corrected chi connectivity index (χ0v) is 7.14. The molecule has 1 fully saturated rings. The maximum absolute atomic E-state index is 5.87. The minimum absolute atomic E-state index is 0.509. The van der Waals surface area contributed by atoms with Gasteiger partial charge in [-0.1, -0.05) is 26.7 Å². The van der Waals surface area contributed by atoms with Crippen LogP contribution in [0.3, 0.4) is 0 Å². The van der Waals surface area contributed by atoms with Crippen molar-refractivity contribution < 1.29 is 0 Å². The van der Waals surface area contributed by atoms with Gasteiger partial charge in [-0.05, 0) is 24.7 Å². The van der Waals surface area contributed by atoms with Gasteiger partial charge in [-0.25, -0.2) is 0 Å². The fraction of sp³-hybridized carbons (Fsp3) is 1.00. The van der Waals surface area contributed by atoms with E-state index in [4.69, 9.17) is 5.73 Å². The molecule has 0 radical (unpaired) electrons. The van der Waals surface area contributed by atoms with Gasteiger partial charge in [0.2, 0.25) is 0 Å². The molecule has 0 amide bonds. The van der Waals surface area contributed by atoms with Gasteiger partial charge in [-0.2, -0.15) is 0 Å². The van der Waals surface area contributed by atoms with Crippen molar-refractivity contribution in [3.63, 3.8) is 0 Å². The van der Waals surface area contributed by atoms with Gasteiger partial charge >= 0.3 is 0 Å². The van der Waals surface area contributed by atoms with Gasteiger partial charge in [-0.15, -0.1) is 0 Å². The summed E-state index contributed by atoms with van der Waals surface area (Å²) in [6.45, 7) is 4.57. The second-order valence-corrected chi connectivity index (χ2v) is 3.57. The molecule has 1 unspecified atom stereocenters. The molecule has 0 saturated heterocycles. The van der Waals surface area contributed by atoms with E-state index in [-0.39, 0.29) is 0 Å². The van der Waals surface area contributed by atoms with Crippen LogP contribution in [0.2, 0.25) is 0 Å². The molecule has 2 N–H and O–H groups in total. The van der Waals surface area contributed by atoms with Crippen LogP contribution in [-0.2, 0) is 0 Å². The van der Waals surface area contributed by atoms with Gasteiger partial charge in [0.05, 0.1) is 0 Å². The van der Waals surface area contributed by atoms with Crippen molar-refractivity contribution in [3.8, 4) is 0 Å². The molecule has 1 aliphatic rings. The molecule has 0 aromatic heterocycles. The number of rotatable bonds is 2. The molecule has 3 atom stereocenters. The first-order chi connectivity index (χ1) is 4.77. The van der Waals surface area contributed by atoms with Gasteiger partial charge in [-0.3, -0.25) is 0 Å². The lowest BCUT2D eigenvalue weighted by Gasteiger charge is -2.14. The molecule has 1 saturated carbocycles. The van der Waals surface area contributed by atoms with Crippen LogP contribution in [0.15, 0.2) is 0 Å². The van der Waals surface area contributed by atoms with Gasteiger partial charge < -0.3 is 5.73 Å². The molecule has 0 aromatic rings. The lowest BCUT2D eigenvalue weighted by Crippen LogP contribution is -2.14. The zero-order valence-electron chi connectivity index (χ0n) is 7.14. The van der Waals surface area contributed by atoms with Crippen LogP contribution in [0.4, 0.5) is 0 Å². The lowest BCUT2D eigenvalue weighted by atomic mass is 9.92. The molecule has 1 nitrogen and oxygen atoms in total. The summed E-state index contributed by atoms with van der Waals surface area (Å²) in [4.78, 5) is 0. The molecule has 60 valence electrons. The molecule has 1 aliphatic carbocycles. The Hall–Kier alpha value is -0.0400. The Kier molecular flexibility index (Phi) is 2.72. The Morgan fingerprint density at radius 3 is 1.80 bits per heavy atom. The Labute approximate surface area is 64.0 Å². The summed E-state index contributed by atoms with van der Waals surface area (Å²) in [6.07, 6.45) is 5.20. The van der Waals surface area contributed by atoms with Crippen LogP contribution in [0.5, 0.6) is 0 Å². The third kappa shape index (κ3) is 1.51. The highest BCUT2D eigenvalue weighted by Gasteiger charge is 2.29. The average Bonchev–Trinajstić information content (AvgIpc) is 2.30. The monoisotopic (exact) mass is 141 g/mol. The molecule has 0 bridgehead atoms. The van der Waals surface area contributed by atoms with Gasteiger partial charge in [0.1, 0.15) is 0 Å². The molecule has 1 heteroatoms. The predicted molar refractivity (Wildman–Crippen MR) is 44.8 cm³/mol. The average molecular weight is 141 g/mol. The minimum Gasteiger partial charge on any atom is -0.328 e. The Morgan fingerprint density at radius 1 is 1.10 bits per heavy atom. The van der Waals surface area contributed by atoms with Crippen molar-refractivity contribution in [3.05, 3.63) is 0 Å². The smallest absolute Gasteiger partial charge is 0.00443 e. The maximum atomic E-state index is 5.87. The highest BCUT2D eigenvalue weighted by Crippen LogP contribution is 2.35. The summed E-state index contributed by atoms with van der Waals surface area (Å²) in [5, 5.41) is 0. The second kappa shape index (κ2) is 3.38. The summed E-state index contributed by atoms with van der Waals surface area (Å²) >= 11 is 0. The standard InChI is InChI=1S/C9H19N/c1-3-7-5-9(10)6-8(7)4-2/h7-9H,3-6,10H2,1-2H3/t7-,8+,9?. The van der Waals surface area contributed by atoms with Crippen molar-refractivity contribution in [1.82, 2.24) is 0 Å². The third-order valence-electron chi connectivity index (χ3n) is 2.93. The van der Waals surface area contributed by atoms with E-state index in [1.54, 1.807) is 0 Å². The summed E-state index contributed by atoms with van der Waals surface area (Å²) in [5.41, 5.74) is 5.87. The summed E-state index contributed by atoms with van der Waals surface area (Å²) < 4.78 is 0. The first-order valence-electron chi connectivity index (χ1n) is 4.53. The van der Waals surface area contributed by atoms with Crippen molar-refractivity contribution in [1.29, 1.82) is 0 Å². The maximum Gasteiger partial charge on any atom is 0.00443 e. The van der Waals surface area contributed by atoms with E-state index in [1.165, 1.54) is 25.7 Å². The van der Waals surface area contributed by atoms with Crippen LogP contribution in [-0.4, -0.2) is 6.04 Å². The van der Waals surface area contributed by atoms with Gasteiger partial charge in [0.25, 0.3) is 0 Å². The van der Waals surface area contributed by atoms with Crippen LogP contribution < -0.4 is 5.73 Å². The highest BCUT2D eigenvalue weighted by molar-refractivity contribution is 4.83. The van der Waals surface area contributed by atoms with Crippen molar-refractivity contribution in [2.75, 3.05) is 0 Å². The van der Waals surface area contributed by atoms with Crippen LogP contribution >= 0.6 is 0 Å². The van der Waals surface area contributed by atoms with Crippen LogP contribution in [0.1, 0.15) is 39.5 Å². The van der Waals surface area contributed by atoms with E-state index in [0.29, 0.717) is 6.04 Å². The normalized spacial score (nSPS) is 40.5. The Morgan fingerprint density at radius 2 is 1.50 bits per heavy atom. The SMILES string of the molecule is CC[C@@H]1CC(N)C[C@@H]1CC. The van der Waals surface area contributed by atoms with E-state index >= 15 is 0 Å². The zero-order chi connectivity index (χ0) is 7.56. The van der Waals surface area contributed by atoms with Crippen LogP contribution in [0, 0.1) is 11.8 Å². The third-order valence-corrected chi connectivity index (χ3v) is 2.93. The molecule has 0 spiro atoms. The topological polar surface area (TPSA) is 26.0 Å². The van der Waals surface area contributed by atoms with Crippen molar-refractivity contribution >= 4 is 0 Å². The Bertz CT molecular complexity index is 88.9. The van der Waals surface area contributed by atoms with E-state index in [1.807, 2.05) is 0 Å². The quantitative estimate of drug-likeness (QED) is 0.626. The van der Waals surface area contributed by atoms with Gasteiger partial charge in [0, 0.05) is 6.04 Å². The van der Waals surface area contributed by atoms with E-state index in [2.05, 4.69) is 13.8 Å². The first-order valence-corrected chi connectivity index (χ1v) is 4.53. The molecule has 1 rings (SSSR count). The molecular formula is C9H19N. The lowest BCUT2D eigenvalue weighted by molar-refractivity contribution is 0.367. The number of nitrogens with two attached hydrogens (primary N) is 1. The Balaban J connectivity index is 2.41. The fourth-order valence-corrected chi connectivity index (χ4v) is 2.26. The number of hydrogen-bond acceptors (Lipinski definition) is 1. The second-order valence-electron chi connectivity index (χ2n) is 3.57. The summed E-state index contributed by atoms with van der Waals surface area (Å²) in [5.74, 6) is 1.86. The largest absolute Gasteiger partial charge is 0.328 e. The van der Waals surface area contributed by atoms with E-state index in [9.17, 15) is 0 Å². The molecule has 10 heavy (non-hydrogen) atoms. The number of hydrogen-bond donors (Lipinski definition) is 1. The first kappa shape index (κ1) is 8.06. The molecule has 0 aromatic carbocycles. The predicted octanol–water partition coefficient (Wildman–Crippen LogP) is 2.16. The molecular weight excluding hydrogens is 122 g/mol. The fourth-order valence-electron chi connectivity index (χ4n) is 2.26. The summed E-state index contributed by atoms with van der Waals surface area (Å²) in [6, 6.07) is 0.509. The van der Waals surface area contributed by atoms with Crippen LogP contribution in [0.25, 0.3) is 0 Å². The van der Waals surface area contributed by atoms with Gasteiger partial charge in [0.15, 0.2) is 0 Å². The van der Waals surface area contributed by atoms with E-state index in [0.717, 1.165) is 11.8 Å². The molecule has 0 aliphatic heterocycles. The minimum atomic E-state index is 0.509. The highest BCUT2D eigenvalue weighted by atomic mass is 14.7. The van der Waals surface area contributed by atoms with Crippen molar-refractivity contribution in [2.45, 2.75) is 45.6 Å².